The number of nitrogens with zero attached hydrogens (tertiary/aromatic N) is 4. The van der Waals surface area contributed by atoms with E-state index in [1.54, 1.807) is 42.7 Å². The molecule has 7 nitrogen and oxygen atoms in total. The number of nitrogens with one attached hydrogen (secondary N) is 1. The summed E-state index contributed by atoms with van der Waals surface area (Å²) in [5.41, 5.74) is 0.344. The molecule has 2 heterocycles. The Labute approximate surface area is 157 Å². The highest BCUT2D eigenvalue weighted by Gasteiger charge is 2.18. The van der Waals surface area contributed by atoms with Gasteiger partial charge in [-0.15, -0.1) is 0 Å². The summed E-state index contributed by atoms with van der Waals surface area (Å²) in [5.74, 6) is -0.477. The summed E-state index contributed by atoms with van der Waals surface area (Å²) in [6.45, 7) is -3.05. The topological polar surface area (TPSA) is 81.9 Å². The molecule has 4 aromatic rings. The Hall–Kier alpha value is -3.88. The molecule has 0 aliphatic heterocycles. The van der Waals surface area contributed by atoms with Crippen LogP contribution in [-0.4, -0.2) is 32.3 Å². The van der Waals surface area contributed by atoms with Crippen LogP contribution in [0.1, 0.15) is 10.4 Å². The highest BCUT2D eigenvalue weighted by molar-refractivity contribution is 6.08. The lowest BCUT2D eigenvalue weighted by Gasteiger charge is -2.12. The molecule has 0 radical (unpaired) electrons. The molecule has 0 saturated heterocycles. The van der Waals surface area contributed by atoms with E-state index in [0.717, 1.165) is 5.39 Å². The number of carbonyl (C=O) groups excluding carboxylic acids is 1. The summed E-state index contributed by atoms with van der Waals surface area (Å²) in [4.78, 5) is 20.8. The number of anilines is 1. The first-order valence-corrected chi connectivity index (χ1v) is 8.21. The minimum atomic E-state index is -3.05. The van der Waals surface area contributed by atoms with E-state index in [4.69, 9.17) is 0 Å². The third-order valence-corrected chi connectivity index (χ3v) is 3.91. The molecular weight excluding hydrogens is 368 g/mol. The summed E-state index contributed by atoms with van der Waals surface area (Å²) < 4.78 is 31.5. The number of alkyl halides is 2. The number of hydrogen-bond donors (Lipinski definition) is 1. The Morgan fingerprint density at radius 3 is 2.50 bits per heavy atom. The second-order valence-electron chi connectivity index (χ2n) is 5.75. The number of halogens is 2. The molecule has 0 bridgehead atoms. The van der Waals surface area contributed by atoms with E-state index in [1.165, 1.54) is 29.2 Å². The third-order valence-electron chi connectivity index (χ3n) is 3.91. The molecule has 1 N–H and O–H groups in total. The molecule has 0 unspecified atom stereocenters. The lowest BCUT2D eigenvalue weighted by Crippen LogP contribution is -2.15. The van der Waals surface area contributed by atoms with Crippen LogP contribution < -0.4 is 10.1 Å². The molecule has 9 heteroatoms. The molecule has 2 aromatic carbocycles. The Bertz CT molecular complexity index is 1130. The van der Waals surface area contributed by atoms with Crippen molar-refractivity contribution in [2.45, 2.75) is 6.61 Å². The number of ether oxygens (including phenoxy) is 1. The summed E-state index contributed by atoms with van der Waals surface area (Å²) in [6, 6.07) is 11.7. The third kappa shape index (κ3) is 3.63. The van der Waals surface area contributed by atoms with Gasteiger partial charge in [0.15, 0.2) is 0 Å². The maximum absolute atomic E-state index is 12.8. The molecule has 140 valence electrons. The summed E-state index contributed by atoms with van der Waals surface area (Å²) >= 11 is 0. The van der Waals surface area contributed by atoms with Crippen LogP contribution in [0.4, 0.5) is 14.5 Å². The molecule has 1 amide bonds. The average Bonchev–Trinajstić information content (AvgIpc) is 3.16. The highest BCUT2D eigenvalue weighted by Crippen LogP contribution is 2.28. The van der Waals surface area contributed by atoms with Gasteiger partial charge in [-0.1, -0.05) is 24.3 Å². The smallest absolute Gasteiger partial charge is 0.387 e. The largest absolute Gasteiger partial charge is 0.434 e. The van der Waals surface area contributed by atoms with Crippen molar-refractivity contribution in [3.8, 4) is 11.7 Å². The van der Waals surface area contributed by atoms with Crippen LogP contribution in [0.25, 0.3) is 16.7 Å². The Morgan fingerprint density at radius 1 is 1.07 bits per heavy atom. The minimum absolute atomic E-state index is 0.0114. The fourth-order valence-electron chi connectivity index (χ4n) is 2.70. The fraction of sp³-hybridized carbons (Fsp3) is 0.0526. The molecule has 0 saturated carbocycles. The predicted octanol–water partition coefficient (Wildman–Crippen LogP) is 3.67. The van der Waals surface area contributed by atoms with Gasteiger partial charge in [0.2, 0.25) is 5.95 Å². The second kappa shape index (κ2) is 7.39. The quantitative estimate of drug-likeness (QED) is 0.570. The van der Waals surface area contributed by atoms with E-state index in [9.17, 15) is 13.6 Å². The van der Waals surface area contributed by atoms with Crippen molar-refractivity contribution in [1.29, 1.82) is 0 Å². The molecule has 0 aliphatic carbocycles. The molecular formula is C19H13F2N5O2. The Morgan fingerprint density at radius 2 is 1.79 bits per heavy atom. The van der Waals surface area contributed by atoms with Crippen LogP contribution in [-0.2, 0) is 0 Å². The maximum atomic E-state index is 12.8. The van der Waals surface area contributed by atoms with Crippen molar-refractivity contribution in [3.05, 3.63) is 72.8 Å². The first kappa shape index (κ1) is 17.5. The van der Waals surface area contributed by atoms with Gasteiger partial charge in [-0.2, -0.15) is 13.9 Å². The first-order valence-electron chi connectivity index (χ1n) is 8.21. The van der Waals surface area contributed by atoms with Crippen molar-refractivity contribution in [1.82, 2.24) is 19.7 Å². The van der Waals surface area contributed by atoms with Crippen molar-refractivity contribution >= 4 is 22.4 Å². The standard InChI is InChI=1S/C19H13F2N5O2/c20-18(21)28-16-9-13-5-2-1-4-12(13)8-15(16)17(27)25-14-10-24-26(11-14)19-22-6-3-7-23-19/h1-11,18H,(H,25,27). The van der Waals surface area contributed by atoms with Crippen LogP contribution in [0.2, 0.25) is 0 Å². The maximum Gasteiger partial charge on any atom is 0.387 e. The van der Waals surface area contributed by atoms with Gasteiger partial charge in [-0.3, -0.25) is 4.79 Å². The number of rotatable bonds is 5. The number of carbonyl (C=O) groups is 1. The molecule has 0 spiro atoms. The molecule has 2 aromatic heterocycles. The van der Waals surface area contributed by atoms with Crippen molar-refractivity contribution in [2.24, 2.45) is 0 Å². The van der Waals surface area contributed by atoms with E-state index in [-0.39, 0.29) is 11.3 Å². The number of amides is 1. The Kier molecular flexibility index (Phi) is 4.63. The van der Waals surface area contributed by atoms with Crippen molar-refractivity contribution in [3.63, 3.8) is 0 Å². The summed E-state index contributed by atoms with van der Waals surface area (Å²) in [7, 11) is 0. The van der Waals surface area contributed by atoms with Gasteiger partial charge in [0.25, 0.3) is 5.91 Å². The van der Waals surface area contributed by atoms with Crippen molar-refractivity contribution < 1.29 is 18.3 Å². The molecule has 0 atom stereocenters. The number of fused-ring (bicyclic) bond motifs is 1. The van der Waals surface area contributed by atoms with Gasteiger partial charge >= 0.3 is 6.61 Å². The van der Waals surface area contributed by atoms with Gasteiger partial charge in [-0.25, -0.2) is 14.6 Å². The van der Waals surface area contributed by atoms with Gasteiger partial charge in [0.1, 0.15) is 5.75 Å². The predicted molar refractivity (Wildman–Crippen MR) is 97.7 cm³/mol. The Balaban J connectivity index is 1.64. The highest BCUT2D eigenvalue weighted by atomic mass is 19.3. The van der Waals surface area contributed by atoms with E-state index >= 15 is 0 Å². The van der Waals surface area contributed by atoms with Crippen LogP contribution in [0.5, 0.6) is 5.75 Å². The SMILES string of the molecule is O=C(Nc1cnn(-c2ncccn2)c1)c1cc2ccccc2cc1OC(F)F. The minimum Gasteiger partial charge on any atom is -0.434 e. The average molecular weight is 381 g/mol. The first-order chi connectivity index (χ1) is 13.6. The number of hydrogen-bond acceptors (Lipinski definition) is 5. The summed E-state index contributed by atoms with van der Waals surface area (Å²) in [5, 5.41) is 8.11. The molecule has 28 heavy (non-hydrogen) atoms. The molecule has 0 fully saturated rings. The number of aromatic nitrogens is 4. The molecule has 4 rings (SSSR count). The lowest BCUT2D eigenvalue weighted by atomic mass is 10.1. The zero-order valence-corrected chi connectivity index (χ0v) is 14.3. The van der Waals surface area contributed by atoms with E-state index in [0.29, 0.717) is 17.0 Å². The van der Waals surface area contributed by atoms with Gasteiger partial charge in [-0.05, 0) is 29.0 Å². The molecule has 0 aliphatic rings. The zero-order valence-electron chi connectivity index (χ0n) is 14.3. The van der Waals surface area contributed by atoms with Crippen LogP contribution >= 0.6 is 0 Å². The van der Waals surface area contributed by atoms with Crippen molar-refractivity contribution in [2.75, 3.05) is 5.32 Å². The van der Waals surface area contributed by atoms with Gasteiger partial charge in [0.05, 0.1) is 23.6 Å². The second-order valence-corrected chi connectivity index (χ2v) is 5.75. The van der Waals surface area contributed by atoms with E-state index in [2.05, 4.69) is 25.1 Å². The monoisotopic (exact) mass is 381 g/mol. The normalized spacial score (nSPS) is 11.0. The van der Waals surface area contributed by atoms with Crippen LogP contribution in [0, 0.1) is 0 Å². The van der Waals surface area contributed by atoms with Gasteiger partial charge in [0, 0.05) is 12.4 Å². The number of benzene rings is 2. The fourth-order valence-corrected chi connectivity index (χ4v) is 2.70. The van der Waals surface area contributed by atoms with E-state index < -0.39 is 12.5 Å². The lowest BCUT2D eigenvalue weighted by molar-refractivity contribution is -0.0500. The summed E-state index contributed by atoms with van der Waals surface area (Å²) in [6.07, 6.45) is 6.04. The van der Waals surface area contributed by atoms with Gasteiger partial charge < -0.3 is 10.1 Å². The van der Waals surface area contributed by atoms with Crippen LogP contribution in [0.15, 0.2) is 67.3 Å². The van der Waals surface area contributed by atoms with Crippen LogP contribution in [0.3, 0.4) is 0 Å². The van der Waals surface area contributed by atoms with E-state index in [1.807, 2.05) is 0 Å². The zero-order chi connectivity index (χ0) is 19.5.